The molecule has 1 N–H and O–H groups in total. The van der Waals surface area contributed by atoms with Crippen LogP contribution in [0.1, 0.15) is 17.3 Å². The number of nitrogens with zero attached hydrogens (tertiary/aromatic N) is 1. The van der Waals surface area contributed by atoms with Crippen LogP contribution in [-0.4, -0.2) is 22.5 Å². The van der Waals surface area contributed by atoms with Crippen LogP contribution in [0, 0.1) is 5.82 Å². The van der Waals surface area contributed by atoms with Crippen molar-refractivity contribution in [1.29, 1.82) is 0 Å². The van der Waals surface area contributed by atoms with E-state index in [-0.39, 0.29) is 29.4 Å². The summed E-state index contributed by atoms with van der Waals surface area (Å²) < 4.78 is 23.2. The number of ether oxygens (including phenoxy) is 2. The van der Waals surface area contributed by atoms with Gasteiger partial charge in [0.1, 0.15) is 22.6 Å². The first-order valence-electron chi connectivity index (χ1n) is 7.21. The summed E-state index contributed by atoms with van der Waals surface area (Å²) in [6.07, 6.45) is 1.30. The molecule has 0 bridgehead atoms. The number of hydrogen-bond donors (Lipinski definition) is 1. The number of esters is 1. The first-order chi connectivity index (χ1) is 11.6. The zero-order valence-electron chi connectivity index (χ0n) is 12.7. The zero-order valence-corrected chi connectivity index (χ0v) is 12.7. The third-order valence-corrected chi connectivity index (χ3v) is 3.23. The second kappa shape index (κ2) is 6.49. The summed E-state index contributed by atoms with van der Waals surface area (Å²) >= 11 is 0. The monoisotopic (exact) mass is 328 g/mol. The van der Waals surface area contributed by atoms with Gasteiger partial charge in [0.15, 0.2) is 0 Å². The molecule has 0 atom stereocenters. The predicted molar refractivity (Wildman–Crippen MR) is 84.8 cm³/mol. The van der Waals surface area contributed by atoms with E-state index in [0.717, 1.165) is 0 Å². The number of fused-ring (bicyclic) bond motifs is 1. The quantitative estimate of drug-likeness (QED) is 0.745. The Kier molecular flexibility index (Phi) is 4.24. The molecule has 6 nitrogen and oxygen atoms in total. The number of aromatic nitrogens is 2. The number of benzene rings is 1. The van der Waals surface area contributed by atoms with Gasteiger partial charge in [-0.1, -0.05) is 0 Å². The molecule has 0 saturated carbocycles. The smallest absolute Gasteiger partial charge is 0.343 e. The summed E-state index contributed by atoms with van der Waals surface area (Å²) in [4.78, 5) is 31.1. The number of H-pyrrole nitrogens is 1. The molecule has 7 heteroatoms. The summed E-state index contributed by atoms with van der Waals surface area (Å²) in [5.74, 6) is -0.571. The van der Waals surface area contributed by atoms with Crippen LogP contribution in [0.15, 0.2) is 47.4 Å². The molecule has 0 spiro atoms. The van der Waals surface area contributed by atoms with Gasteiger partial charge in [-0.2, -0.15) is 0 Å². The molecule has 3 aromatic rings. The fourth-order valence-electron chi connectivity index (χ4n) is 2.11. The van der Waals surface area contributed by atoms with E-state index in [1.54, 1.807) is 19.1 Å². The molecule has 3 rings (SSSR count). The second-order valence-corrected chi connectivity index (χ2v) is 4.85. The molecule has 0 fully saturated rings. The van der Waals surface area contributed by atoms with Crippen molar-refractivity contribution in [1.82, 2.24) is 9.97 Å². The lowest BCUT2D eigenvalue weighted by molar-refractivity contribution is 0.0524. The maximum Gasteiger partial charge on any atom is 0.343 e. The van der Waals surface area contributed by atoms with Gasteiger partial charge >= 0.3 is 5.97 Å². The van der Waals surface area contributed by atoms with Crippen LogP contribution < -0.4 is 10.2 Å². The molecule has 0 aliphatic carbocycles. The molecule has 0 amide bonds. The normalized spacial score (nSPS) is 10.6. The SMILES string of the molecule is CCOC(=O)c1c[nH]c2ccc(Oc3ccc(F)cc3)nc2c1=O. The van der Waals surface area contributed by atoms with Crippen LogP contribution in [0.4, 0.5) is 4.39 Å². The van der Waals surface area contributed by atoms with Crippen molar-refractivity contribution in [3.05, 3.63) is 64.2 Å². The lowest BCUT2D eigenvalue weighted by Crippen LogP contribution is -2.18. The highest BCUT2D eigenvalue weighted by Gasteiger charge is 2.15. The maximum atomic E-state index is 12.9. The number of aromatic amines is 1. The number of nitrogens with one attached hydrogen (secondary N) is 1. The van der Waals surface area contributed by atoms with E-state index in [0.29, 0.717) is 11.3 Å². The van der Waals surface area contributed by atoms with Gasteiger partial charge in [-0.25, -0.2) is 14.2 Å². The lowest BCUT2D eigenvalue weighted by Gasteiger charge is -2.06. The first-order valence-corrected chi connectivity index (χ1v) is 7.21. The fraction of sp³-hybridized carbons (Fsp3) is 0.118. The van der Waals surface area contributed by atoms with Crippen LogP contribution in [-0.2, 0) is 4.74 Å². The summed E-state index contributed by atoms with van der Waals surface area (Å²) in [5.41, 5.74) is -0.165. The van der Waals surface area contributed by atoms with E-state index in [9.17, 15) is 14.0 Å². The number of hydrogen-bond acceptors (Lipinski definition) is 5. The Balaban J connectivity index is 1.99. The number of pyridine rings is 2. The topological polar surface area (TPSA) is 81.3 Å². The minimum absolute atomic E-state index is 0.0557. The molecular weight excluding hydrogens is 315 g/mol. The first kappa shape index (κ1) is 15.7. The van der Waals surface area contributed by atoms with E-state index >= 15 is 0 Å². The zero-order chi connectivity index (χ0) is 17.1. The van der Waals surface area contributed by atoms with Crippen LogP contribution in [0.25, 0.3) is 11.0 Å². The van der Waals surface area contributed by atoms with Gasteiger partial charge < -0.3 is 14.5 Å². The highest BCUT2D eigenvalue weighted by molar-refractivity contribution is 5.92. The van der Waals surface area contributed by atoms with E-state index in [1.165, 1.54) is 30.5 Å². The fourth-order valence-corrected chi connectivity index (χ4v) is 2.11. The standard InChI is InChI=1S/C17H13FN2O4/c1-2-23-17(22)12-9-19-13-7-8-14(20-15(13)16(12)21)24-11-5-3-10(18)4-6-11/h3-9H,2H2,1H3,(H,19,21). The third-order valence-electron chi connectivity index (χ3n) is 3.23. The van der Waals surface area contributed by atoms with Gasteiger partial charge in [-0.05, 0) is 37.3 Å². The Bertz CT molecular complexity index is 951. The molecule has 0 radical (unpaired) electrons. The molecular formula is C17H13FN2O4. The summed E-state index contributed by atoms with van der Waals surface area (Å²) in [6, 6.07) is 8.56. The highest BCUT2D eigenvalue weighted by Crippen LogP contribution is 2.21. The largest absolute Gasteiger partial charge is 0.462 e. The van der Waals surface area contributed by atoms with Gasteiger partial charge in [-0.3, -0.25) is 4.79 Å². The Hall–Kier alpha value is -3.22. The van der Waals surface area contributed by atoms with Crippen molar-refractivity contribution in [3.63, 3.8) is 0 Å². The highest BCUT2D eigenvalue weighted by atomic mass is 19.1. The Morgan fingerprint density at radius 3 is 2.67 bits per heavy atom. The minimum Gasteiger partial charge on any atom is -0.462 e. The van der Waals surface area contributed by atoms with Crippen LogP contribution in [0.2, 0.25) is 0 Å². The molecule has 0 aliphatic heterocycles. The number of carbonyl (C=O) groups excluding carboxylic acids is 1. The van der Waals surface area contributed by atoms with Crippen molar-refractivity contribution in [2.45, 2.75) is 6.92 Å². The maximum absolute atomic E-state index is 12.9. The Labute approximate surface area is 135 Å². The molecule has 2 heterocycles. The minimum atomic E-state index is -0.715. The van der Waals surface area contributed by atoms with E-state index in [4.69, 9.17) is 9.47 Å². The van der Waals surface area contributed by atoms with Gasteiger partial charge in [0, 0.05) is 12.3 Å². The van der Waals surface area contributed by atoms with Gasteiger partial charge in [-0.15, -0.1) is 0 Å². The average molecular weight is 328 g/mol. The molecule has 24 heavy (non-hydrogen) atoms. The summed E-state index contributed by atoms with van der Waals surface area (Å²) in [5, 5.41) is 0. The molecule has 0 unspecified atom stereocenters. The number of carbonyl (C=O) groups is 1. The number of rotatable bonds is 4. The van der Waals surface area contributed by atoms with E-state index in [2.05, 4.69) is 9.97 Å². The van der Waals surface area contributed by atoms with Crippen LogP contribution >= 0.6 is 0 Å². The Morgan fingerprint density at radius 1 is 1.21 bits per heavy atom. The molecule has 122 valence electrons. The van der Waals surface area contributed by atoms with E-state index < -0.39 is 11.4 Å². The second-order valence-electron chi connectivity index (χ2n) is 4.85. The third kappa shape index (κ3) is 3.10. The predicted octanol–water partition coefficient (Wildman–Crippen LogP) is 3.03. The van der Waals surface area contributed by atoms with Crippen LogP contribution in [0.5, 0.6) is 11.6 Å². The van der Waals surface area contributed by atoms with Crippen molar-refractivity contribution in [2.75, 3.05) is 6.61 Å². The van der Waals surface area contributed by atoms with Crippen molar-refractivity contribution in [2.24, 2.45) is 0 Å². The molecule has 0 saturated heterocycles. The van der Waals surface area contributed by atoms with E-state index in [1.807, 2.05) is 0 Å². The van der Waals surface area contributed by atoms with Gasteiger partial charge in [0.05, 0.1) is 12.1 Å². The molecule has 2 aromatic heterocycles. The molecule has 0 aliphatic rings. The van der Waals surface area contributed by atoms with Gasteiger partial charge in [0.2, 0.25) is 11.3 Å². The van der Waals surface area contributed by atoms with Gasteiger partial charge in [0.25, 0.3) is 0 Å². The van der Waals surface area contributed by atoms with Crippen molar-refractivity contribution in [3.8, 4) is 11.6 Å². The molecule has 1 aromatic carbocycles. The van der Waals surface area contributed by atoms with Crippen molar-refractivity contribution >= 4 is 17.0 Å². The average Bonchev–Trinajstić information content (AvgIpc) is 2.58. The summed E-state index contributed by atoms with van der Waals surface area (Å²) in [7, 11) is 0. The summed E-state index contributed by atoms with van der Waals surface area (Å²) in [6.45, 7) is 1.82. The lowest BCUT2D eigenvalue weighted by atomic mass is 10.2. The Morgan fingerprint density at radius 2 is 1.96 bits per heavy atom. The number of halogens is 1. The van der Waals surface area contributed by atoms with Crippen LogP contribution in [0.3, 0.4) is 0 Å². The van der Waals surface area contributed by atoms with Crippen molar-refractivity contribution < 1.29 is 18.7 Å².